The fourth-order valence-electron chi connectivity index (χ4n) is 2.96. The van der Waals surface area contributed by atoms with E-state index in [0.29, 0.717) is 6.54 Å². The number of carboxylic acids is 1. The van der Waals surface area contributed by atoms with Gasteiger partial charge in [-0.15, -0.1) is 0 Å². The maximum Gasteiger partial charge on any atom is 0.335 e. The summed E-state index contributed by atoms with van der Waals surface area (Å²) in [5, 5.41) is 8.87. The molecule has 2 N–H and O–H groups in total. The third-order valence-corrected chi connectivity index (χ3v) is 5.82. The Kier molecular flexibility index (Phi) is 5.06. The number of nitrogens with one attached hydrogen (secondary N) is 1. The van der Waals surface area contributed by atoms with Gasteiger partial charge in [0.05, 0.1) is 10.5 Å². The Morgan fingerprint density at radius 3 is 2.44 bits per heavy atom. The summed E-state index contributed by atoms with van der Waals surface area (Å²) in [6, 6.07) is 15.3. The van der Waals surface area contributed by atoms with Crippen LogP contribution in [0.25, 0.3) is 0 Å². The normalized spacial score (nSPS) is 17.6. The van der Waals surface area contributed by atoms with Crippen LogP contribution in [-0.2, 0) is 10.0 Å². The molecule has 1 atom stereocenters. The van der Waals surface area contributed by atoms with E-state index < -0.39 is 16.0 Å². The van der Waals surface area contributed by atoms with Gasteiger partial charge in [0.25, 0.3) is 0 Å². The number of para-hydroxylation sites is 1. The van der Waals surface area contributed by atoms with E-state index >= 15 is 0 Å². The lowest BCUT2D eigenvalue weighted by Crippen LogP contribution is -2.31. The fraction of sp³-hybridized carbons (Fsp3) is 0.278. The minimum atomic E-state index is -3.63. The molecule has 0 spiro atoms. The van der Waals surface area contributed by atoms with Crippen LogP contribution in [0.3, 0.4) is 0 Å². The van der Waals surface area contributed by atoms with E-state index in [1.54, 1.807) is 0 Å². The second-order valence-electron chi connectivity index (χ2n) is 6.12. The van der Waals surface area contributed by atoms with Crippen molar-refractivity contribution >= 4 is 21.7 Å². The molecule has 1 heterocycles. The maximum atomic E-state index is 12.3. The van der Waals surface area contributed by atoms with E-state index in [0.717, 1.165) is 25.2 Å². The van der Waals surface area contributed by atoms with Crippen LogP contribution in [0.2, 0.25) is 0 Å². The third-order valence-electron chi connectivity index (χ3n) is 4.38. The van der Waals surface area contributed by atoms with Crippen LogP contribution in [0.1, 0.15) is 16.8 Å². The smallest absolute Gasteiger partial charge is 0.335 e. The zero-order valence-electron chi connectivity index (χ0n) is 13.6. The van der Waals surface area contributed by atoms with Crippen molar-refractivity contribution in [3.05, 3.63) is 60.2 Å². The summed E-state index contributed by atoms with van der Waals surface area (Å²) in [6.07, 6.45) is 0.926. The first-order valence-corrected chi connectivity index (χ1v) is 9.57. The van der Waals surface area contributed by atoms with Gasteiger partial charge in [0.15, 0.2) is 0 Å². The van der Waals surface area contributed by atoms with Gasteiger partial charge < -0.3 is 10.0 Å². The van der Waals surface area contributed by atoms with E-state index in [1.165, 1.54) is 24.3 Å². The molecule has 0 saturated carbocycles. The molecule has 1 fully saturated rings. The first-order valence-electron chi connectivity index (χ1n) is 8.09. The standard InChI is InChI=1S/C18H20N2O4S/c21-18(22)15-6-8-17(9-7-15)25(23,24)19-12-14-10-11-20(13-14)16-4-2-1-3-5-16/h1-9,14,19H,10-13H2,(H,21,22). The van der Waals surface area contributed by atoms with Gasteiger partial charge in [0.1, 0.15) is 0 Å². The summed E-state index contributed by atoms with van der Waals surface area (Å²) in [7, 11) is -3.63. The van der Waals surface area contributed by atoms with Crippen molar-refractivity contribution in [2.24, 2.45) is 5.92 Å². The van der Waals surface area contributed by atoms with Crippen LogP contribution in [0.5, 0.6) is 0 Å². The first kappa shape index (κ1) is 17.4. The lowest BCUT2D eigenvalue weighted by atomic mass is 10.1. The van der Waals surface area contributed by atoms with Crippen LogP contribution < -0.4 is 9.62 Å². The highest BCUT2D eigenvalue weighted by molar-refractivity contribution is 7.89. The maximum absolute atomic E-state index is 12.3. The highest BCUT2D eigenvalue weighted by Gasteiger charge is 2.24. The molecule has 3 rings (SSSR count). The quantitative estimate of drug-likeness (QED) is 0.825. The number of nitrogens with zero attached hydrogens (tertiary/aromatic N) is 1. The second kappa shape index (κ2) is 7.25. The number of anilines is 1. The van der Waals surface area contributed by atoms with Gasteiger partial charge in [-0.2, -0.15) is 0 Å². The van der Waals surface area contributed by atoms with Gasteiger partial charge in [-0.05, 0) is 48.7 Å². The Balaban J connectivity index is 1.58. The van der Waals surface area contributed by atoms with Gasteiger partial charge in [-0.3, -0.25) is 0 Å². The zero-order chi connectivity index (χ0) is 17.9. The average Bonchev–Trinajstić information content (AvgIpc) is 3.10. The molecule has 7 heteroatoms. The van der Waals surface area contributed by atoms with Crippen molar-refractivity contribution in [1.82, 2.24) is 4.72 Å². The second-order valence-corrected chi connectivity index (χ2v) is 7.88. The molecule has 132 valence electrons. The summed E-state index contributed by atoms with van der Waals surface area (Å²) >= 11 is 0. The Morgan fingerprint density at radius 1 is 1.12 bits per heavy atom. The Bertz CT molecular complexity index is 835. The van der Waals surface area contributed by atoms with E-state index in [4.69, 9.17) is 5.11 Å². The molecule has 6 nitrogen and oxygen atoms in total. The molecular weight excluding hydrogens is 340 g/mol. The van der Waals surface area contributed by atoms with Gasteiger partial charge in [0.2, 0.25) is 10.0 Å². The average molecular weight is 360 g/mol. The van der Waals surface area contributed by atoms with Gasteiger partial charge in [-0.25, -0.2) is 17.9 Å². The van der Waals surface area contributed by atoms with Crippen molar-refractivity contribution in [2.45, 2.75) is 11.3 Å². The number of carbonyl (C=O) groups is 1. The van der Waals surface area contributed by atoms with E-state index in [2.05, 4.69) is 21.8 Å². The largest absolute Gasteiger partial charge is 0.478 e. The highest BCUT2D eigenvalue weighted by Crippen LogP contribution is 2.23. The lowest BCUT2D eigenvalue weighted by Gasteiger charge is -2.18. The molecule has 0 aliphatic carbocycles. The summed E-state index contributed by atoms with van der Waals surface area (Å²) in [6.45, 7) is 2.08. The SMILES string of the molecule is O=C(O)c1ccc(S(=O)(=O)NCC2CCN(c3ccccc3)C2)cc1. The topological polar surface area (TPSA) is 86.7 Å². The van der Waals surface area contributed by atoms with Crippen LogP contribution >= 0.6 is 0 Å². The Morgan fingerprint density at radius 2 is 1.80 bits per heavy atom. The number of aromatic carboxylic acids is 1. The van der Waals surface area contributed by atoms with Crippen LogP contribution in [0.4, 0.5) is 5.69 Å². The third kappa shape index (κ3) is 4.18. The van der Waals surface area contributed by atoms with E-state index in [-0.39, 0.29) is 16.4 Å². The molecule has 0 amide bonds. The summed E-state index contributed by atoms with van der Waals surface area (Å²) in [5.74, 6) is -0.836. The van der Waals surface area contributed by atoms with Crippen LogP contribution in [-0.4, -0.2) is 39.1 Å². The van der Waals surface area contributed by atoms with Crippen molar-refractivity contribution in [3.63, 3.8) is 0 Å². The van der Waals surface area contributed by atoms with Crippen molar-refractivity contribution < 1.29 is 18.3 Å². The summed E-state index contributed by atoms with van der Waals surface area (Å²) in [5.41, 5.74) is 1.21. The van der Waals surface area contributed by atoms with E-state index in [9.17, 15) is 13.2 Å². The van der Waals surface area contributed by atoms with Crippen molar-refractivity contribution in [1.29, 1.82) is 0 Å². The summed E-state index contributed by atoms with van der Waals surface area (Å²) in [4.78, 5) is 13.2. The number of rotatable bonds is 6. The number of carboxylic acid groups (broad SMARTS) is 1. The van der Waals surface area contributed by atoms with Gasteiger partial charge in [0, 0.05) is 25.3 Å². The number of hydrogen-bond acceptors (Lipinski definition) is 4. The minimum Gasteiger partial charge on any atom is -0.478 e. The molecule has 0 bridgehead atoms. The van der Waals surface area contributed by atoms with Gasteiger partial charge >= 0.3 is 5.97 Å². The predicted molar refractivity (Wildman–Crippen MR) is 95.4 cm³/mol. The molecule has 1 saturated heterocycles. The van der Waals surface area contributed by atoms with E-state index in [1.807, 2.05) is 18.2 Å². The Hall–Kier alpha value is -2.38. The molecule has 2 aromatic carbocycles. The molecular formula is C18H20N2O4S. The predicted octanol–water partition coefficient (Wildman–Crippen LogP) is 2.19. The van der Waals surface area contributed by atoms with Gasteiger partial charge in [-0.1, -0.05) is 18.2 Å². The number of sulfonamides is 1. The fourth-order valence-corrected chi connectivity index (χ4v) is 4.08. The van der Waals surface area contributed by atoms with Crippen molar-refractivity contribution in [3.8, 4) is 0 Å². The number of hydrogen-bond donors (Lipinski definition) is 2. The molecule has 1 aliphatic heterocycles. The number of benzene rings is 2. The Labute approximate surface area is 147 Å². The van der Waals surface area contributed by atoms with Crippen LogP contribution in [0.15, 0.2) is 59.5 Å². The molecule has 0 aromatic heterocycles. The van der Waals surface area contributed by atoms with Crippen molar-refractivity contribution in [2.75, 3.05) is 24.5 Å². The minimum absolute atomic E-state index is 0.0632. The molecule has 2 aromatic rings. The monoisotopic (exact) mass is 360 g/mol. The zero-order valence-corrected chi connectivity index (χ0v) is 14.4. The molecule has 25 heavy (non-hydrogen) atoms. The first-order chi connectivity index (χ1) is 12.0. The molecule has 1 unspecified atom stereocenters. The lowest BCUT2D eigenvalue weighted by molar-refractivity contribution is 0.0696. The summed E-state index contributed by atoms with van der Waals surface area (Å²) < 4.78 is 27.3. The molecule has 0 radical (unpaired) electrons. The van der Waals surface area contributed by atoms with Crippen LogP contribution in [0, 0.1) is 5.92 Å². The highest BCUT2D eigenvalue weighted by atomic mass is 32.2. The molecule has 1 aliphatic rings.